The van der Waals surface area contributed by atoms with Crippen molar-refractivity contribution in [2.24, 2.45) is 7.05 Å². The van der Waals surface area contributed by atoms with Gasteiger partial charge in [0, 0.05) is 32.1 Å². The minimum Gasteiger partial charge on any atom is -0.370 e. The number of imidazole rings is 1. The molecule has 2 aromatic rings. The summed E-state index contributed by atoms with van der Waals surface area (Å²) < 4.78 is 1.97. The van der Waals surface area contributed by atoms with Crippen LogP contribution in [0.4, 0.5) is 11.6 Å². The van der Waals surface area contributed by atoms with Gasteiger partial charge in [-0.25, -0.2) is 15.0 Å². The summed E-state index contributed by atoms with van der Waals surface area (Å²) in [5, 5.41) is 6.35. The maximum absolute atomic E-state index is 4.23. The molecule has 0 aromatic carbocycles. The van der Waals surface area contributed by atoms with Crippen LogP contribution in [0.1, 0.15) is 12.7 Å². The third kappa shape index (κ3) is 2.93. The molecule has 90 valence electrons. The van der Waals surface area contributed by atoms with Gasteiger partial charge in [-0.15, -0.1) is 0 Å². The fraction of sp³-hybridized carbons (Fsp3) is 0.364. The van der Waals surface area contributed by atoms with E-state index in [0.717, 1.165) is 24.0 Å². The van der Waals surface area contributed by atoms with Gasteiger partial charge in [-0.2, -0.15) is 0 Å². The summed E-state index contributed by atoms with van der Waals surface area (Å²) in [6, 6.07) is 1.88. The monoisotopic (exact) mass is 232 g/mol. The van der Waals surface area contributed by atoms with Crippen LogP contribution in [0.25, 0.3) is 0 Å². The molecule has 0 saturated carbocycles. The average molecular weight is 232 g/mol. The Morgan fingerprint density at radius 1 is 1.18 bits per heavy atom. The number of anilines is 2. The summed E-state index contributed by atoms with van der Waals surface area (Å²) in [6.07, 6.45) is 5.24. The van der Waals surface area contributed by atoms with E-state index in [0.29, 0.717) is 6.54 Å². The van der Waals surface area contributed by atoms with Crippen LogP contribution in [0.3, 0.4) is 0 Å². The van der Waals surface area contributed by atoms with E-state index in [-0.39, 0.29) is 0 Å². The Hall–Kier alpha value is -2.11. The third-order valence-corrected chi connectivity index (χ3v) is 2.37. The van der Waals surface area contributed by atoms with Gasteiger partial charge in [0.1, 0.15) is 23.8 Å². The van der Waals surface area contributed by atoms with Crippen LogP contribution in [0, 0.1) is 0 Å². The molecule has 0 radical (unpaired) electrons. The van der Waals surface area contributed by atoms with Crippen LogP contribution in [0.5, 0.6) is 0 Å². The van der Waals surface area contributed by atoms with Crippen molar-refractivity contribution in [3.8, 4) is 0 Å². The molecule has 0 atom stereocenters. The minimum absolute atomic E-state index is 0.645. The molecule has 6 nitrogen and oxygen atoms in total. The Balaban J connectivity index is 1.99. The van der Waals surface area contributed by atoms with Crippen molar-refractivity contribution in [1.82, 2.24) is 19.5 Å². The standard InChI is InChI=1S/C11H16N6/c1-3-12-9-6-10(16-8-15-9)14-7-11-13-4-5-17(11)2/h4-6,8H,3,7H2,1-2H3,(H2,12,14,15,16). The second kappa shape index (κ2) is 5.29. The number of nitrogens with one attached hydrogen (secondary N) is 2. The summed E-state index contributed by atoms with van der Waals surface area (Å²) >= 11 is 0. The predicted octanol–water partition coefficient (Wildman–Crippen LogP) is 1.25. The smallest absolute Gasteiger partial charge is 0.131 e. The number of rotatable bonds is 5. The van der Waals surface area contributed by atoms with Crippen molar-refractivity contribution in [3.63, 3.8) is 0 Å². The van der Waals surface area contributed by atoms with Gasteiger partial charge in [-0.3, -0.25) is 0 Å². The second-order valence-corrected chi connectivity index (χ2v) is 3.63. The molecule has 0 aliphatic heterocycles. The summed E-state index contributed by atoms with van der Waals surface area (Å²) in [5.74, 6) is 2.58. The van der Waals surface area contributed by atoms with E-state index in [2.05, 4.69) is 25.6 Å². The first-order valence-corrected chi connectivity index (χ1v) is 5.55. The molecule has 17 heavy (non-hydrogen) atoms. The number of nitrogens with zero attached hydrogens (tertiary/aromatic N) is 4. The number of hydrogen-bond acceptors (Lipinski definition) is 5. The summed E-state index contributed by atoms with van der Waals surface area (Å²) in [7, 11) is 1.97. The molecular formula is C11H16N6. The highest BCUT2D eigenvalue weighted by atomic mass is 15.1. The maximum atomic E-state index is 4.23. The topological polar surface area (TPSA) is 67.7 Å². The first-order valence-electron chi connectivity index (χ1n) is 5.55. The van der Waals surface area contributed by atoms with E-state index in [9.17, 15) is 0 Å². The van der Waals surface area contributed by atoms with Gasteiger partial charge in [0.15, 0.2) is 0 Å². The van der Waals surface area contributed by atoms with Crippen LogP contribution in [-0.4, -0.2) is 26.1 Å². The lowest BCUT2D eigenvalue weighted by atomic mass is 10.5. The molecule has 6 heteroatoms. The highest BCUT2D eigenvalue weighted by Gasteiger charge is 2.00. The third-order valence-electron chi connectivity index (χ3n) is 2.37. The van der Waals surface area contributed by atoms with E-state index in [1.54, 1.807) is 12.5 Å². The van der Waals surface area contributed by atoms with Crippen molar-refractivity contribution >= 4 is 11.6 Å². The molecule has 0 aliphatic rings. The number of aromatic nitrogens is 4. The first-order chi connectivity index (χ1) is 8.29. The van der Waals surface area contributed by atoms with E-state index >= 15 is 0 Å². The van der Waals surface area contributed by atoms with Crippen molar-refractivity contribution in [1.29, 1.82) is 0 Å². The Bertz CT molecular complexity index is 478. The SMILES string of the molecule is CCNc1cc(NCc2nccn2C)ncn1. The molecular weight excluding hydrogens is 216 g/mol. The lowest BCUT2D eigenvalue weighted by Crippen LogP contribution is -2.08. The molecule has 2 N–H and O–H groups in total. The first kappa shape index (κ1) is 11.4. The van der Waals surface area contributed by atoms with Gasteiger partial charge in [-0.05, 0) is 6.92 Å². The molecule has 0 fully saturated rings. The lowest BCUT2D eigenvalue weighted by molar-refractivity contribution is 0.810. The van der Waals surface area contributed by atoms with Gasteiger partial charge in [0.05, 0.1) is 6.54 Å². The second-order valence-electron chi connectivity index (χ2n) is 3.63. The van der Waals surface area contributed by atoms with E-state index in [1.807, 2.05) is 30.8 Å². The Labute approximate surface area is 100 Å². The van der Waals surface area contributed by atoms with Gasteiger partial charge in [0.2, 0.25) is 0 Å². The van der Waals surface area contributed by atoms with E-state index < -0.39 is 0 Å². The van der Waals surface area contributed by atoms with Crippen molar-refractivity contribution < 1.29 is 0 Å². The predicted molar refractivity (Wildman–Crippen MR) is 66.7 cm³/mol. The molecule has 2 aromatic heterocycles. The van der Waals surface area contributed by atoms with Gasteiger partial charge < -0.3 is 15.2 Å². The van der Waals surface area contributed by atoms with Crippen LogP contribution in [0.15, 0.2) is 24.8 Å². The molecule has 2 rings (SSSR count). The quantitative estimate of drug-likeness (QED) is 0.812. The highest BCUT2D eigenvalue weighted by Crippen LogP contribution is 2.09. The zero-order valence-corrected chi connectivity index (χ0v) is 10.0. The van der Waals surface area contributed by atoms with Gasteiger partial charge >= 0.3 is 0 Å². The zero-order chi connectivity index (χ0) is 12.1. The normalized spacial score (nSPS) is 10.2. The molecule has 0 aliphatic carbocycles. The summed E-state index contributed by atoms with van der Waals surface area (Å²) in [5.41, 5.74) is 0. The van der Waals surface area contributed by atoms with Gasteiger partial charge in [-0.1, -0.05) is 0 Å². The highest BCUT2D eigenvalue weighted by molar-refractivity contribution is 5.46. The van der Waals surface area contributed by atoms with Crippen molar-refractivity contribution in [3.05, 3.63) is 30.6 Å². The van der Waals surface area contributed by atoms with Crippen molar-refractivity contribution in [2.75, 3.05) is 17.2 Å². The molecule has 0 amide bonds. The van der Waals surface area contributed by atoms with Crippen LogP contribution >= 0.6 is 0 Å². The summed E-state index contributed by atoms with van der Waals surface area (Å²) in [4.78, 5) is 12.5. The number of aryl methyl sites for hydroxylation is 1. The largest absolute Gasteiger partial charge is 0.370 e. The molecule has 0 bridgehead atoms. The zero-order valence-electron chi connectivity index (χ0n) is 10.0. The molecule has 2 heterocycles. The average Bonchev–Trinajstić information content (AvgIpc) is 2.73. The molecule has 0 saturated heterocycles. The Morgan fingerprint density at radius 3 is 2.59 bits per heavy atom. The fourth-order valence-corrected chi connectivity index (χ4v) is 1.47. The minimum atomic E-state index is 0.645. The Morgan fingerprint density at radius 2 is 1.94 bits per heavy atom. The van der Waals surface area contributed by atoms with Gasteiger partial charge in [0.25, 0.3) is 0 Å². The van der Waals surface area contributed by atoms with Crippen LogP contribution in [0.2, 0.25) is 0 Å². The van der Waals surface area contributed by atoms with Crippen molar-refractivity contribution in [2.45, 2.75) is 13.5 Å². The van der Waals surface area contributed by atoms with Crippen LogP contribution < -0.4 is 10.6 Å². The Kier molecular flexibility index (Phi) is 3.54. The molecule has 0 spiro atoms. The molecule has 0 unspecified atom stereocenters. The van der Waals surface area contributed by atoms with E-state index in [4.69, 9.17) is 0 Å². The van der Waals surface area contributed by atoms with Crippen LogP contribution in [-0.2, 0) is 13.6 Å². The number of hydrogen-bond donors (Lipinski definition) is 2. The maximum Gasteiger partial charge on any atom is 0.131 e. The fourth-order valence-electron chi connectivity index (χ4n) is 1.47. The lowest BCUT2D eigenvalue weighted by Gasteiger charge is -2.07. The summed E-state index contributed by atoms with van der Waals surface area (Å²) in [6.45, 7) is 3.52. The van der Waals surface area contributed by atoms with E-state index in [1.165, 1.54) is 0 Å².